The second kappa shape index (κ2) is 12.4. The van der Waals surface area contributed by atoms with Crippen LogP contribution in [0.5, 0.6) is 0 Å². The molecule has 1 N–H and O–H groups in total. The summed E-state index contributed by atoms with van der Waals surface area (Å²) in [6.45, 7) is 5.20. The molecule has 0 saturated carbocycles. The number of carbonyl (C=O) groups is 2. The highest BCUT2D eigenvalue weighted by Gasteiger charge is 2.32. The van der Waals surface area contributed by atoms with Crippen molar-refractivity contribution in [1.29, 1.82) is 0 Å². The quantitative estimate of drug-likeness (QED) is 0.466. The number of nitrogens with one attached hydrogen (secondary N) is 1. The third kappa shape index (κ3) is 7.61. The van der Waals surface area contributed by atoms with E-state index in [1.807, 2.05) is 13.8 Å². The van der Waals surface area contributed by atoms with Gasteiger partial charge in [-0.25, -0.2) is 8.42 Å². The van der Waals surface area contributed by atoms with E-state index in [0.29, 0.717) is 27.7 Å². The summed E-state index contributed by atoms with van der Waals surface area (Å²) in [7, 11) is -3.77. The fourth-order valence-corrected chi connectivity index (χ4v) is 4.72. The van der Waals surface area contributed by atoms with E-state index in [9.17, 15) is 18.0 Å². The first kappa shape index (κ1) is 28.0. The number of halogens is 2. The number of nitrogens with zero attached hydrogens (tertiary/aromatic N) is 2. The van der Waals surface area contributed by atoms with E-state index in [0.717, 1.165) is 17.0 Å². The molecule has 0 heterocycles. The van der Waals surface area contributed by atoms with Crippen LogP contribution in [-0.2, 0) is 26.2 Å². The van der Waals surface area contributed by atoms with Crippen LogP contribution >= 0.6 is 23.2 Å². The van der Waals surface area contributed by atoms with Gasteiger partial charge in [-0.05, 0) is 49.6 Å². The Hall–Kier alpha value is -2.29. The minimum Gasteiger partial charge on any atom is -0.352 e. The van der Waals surface area contributed by atoms with Crippen LogP contribution in [0.3, 0.4) is 0 Å². The molecule has 10 heteroatoms. The van der Waals surface area contributed by atoms with Crippen molar-refractivity contribution in [1.82, 2.24) is 10.2 Å². The van der Waals surface area contributed by atoms with E-state index < -0.39 is 28.5 Å². The van der Waals surface area contributed by atoms with Crippen molar-refractivity contribution >= 4 is 50.7 Å². The van der Waals surface area contributed by atoms with Gasteiger partial charge >= 0.3 is 0 Å². The van der Waals surface area contributed by atoms with Crippen LogP contribution in [0.25, 0.3) is 0 Å². The number of para-hydroxylation sites is 1. The van der Waals surface area contributed by atoms with Gasteiger partial charge < -0.3 is 10.2 Å². The molecule has 0 fully saturated rings. The van der Waals surface area contributed by atoms with Gasteiger partial charge in [0, 0.05) is 22.6 Å². The molecule has 0 aliphatic carbocycles. The molecule has 186 valence electrons. The zero-order chi connectivity index (χ0) is 25.5. The van der Waals surface area contributed by atoms with Crippen molar-refractivity contribution in [2.24, 2.45) is 0 Å². The summed E-state index contributed by atoms with van der Waals surface area (Å²) in [6.07, 6.45) is 2.11. The molecule has 2 amide bonds. The van der Waals surface area contributed by atoms with Gasteiger partial charge in [0.1, 0.15) is 12.6 Å². The second-order valence-corrected chi connectivity index (χ2v) is 10.9. The molecule has 2 rings (SSSR count). The molecule has 0 saturated heterocycles. The number of rotatable bonds is 11. The lowest BCUT2D eigenvalue weighted by Crippen LogP contribution is -2.53. The third-order valence-corrected chi connectivity index (χ3v) is 7.19. The van der Waals surface area contributed by atoms with Crippen molar-refractivity contribution in [3.63, 3.8) is 0 Å². The maximum absolute atomic E-state index is 13.6. The predicted octanol–water partition coefficient (Wildman–Crippen LogP) is 4.48. The summed E-state index contributed by atoms with van der Waals surface area (Å²) in [6, 6.07) is 12.4. The Kier molecular flexibility index (Phi) is 10.2. The van der Waals surface area contributed by atoms with Gasteiger partial charge in [0.05, 0.1) is 11.9 Å². The molecule has 2 atom stereocenters. The van der Waals surface area contributed by atoms with E-state index in [4.69, 9.17) is 23.2 Å². The fraction of sp³-hybridized carbons (Fsp3) is 0.417. The summed E-state index contributed by atoms with van der Waals surface area (Å²) in [5, 5.41) is 3.72. The molecule has 2 aromatic carbocycles. The maximum atomic E-state index is 13.6. The van der Waals surface area contributed by atoms with Gasteiger partial charge in [0.2, 0.25) is 21.8 Å². The number of benzene rings is 2. The monoisotopic (exact) mass is 527 g/mol. The molecule has 0 bridgehead atoms. The number of amides is 2. The first-order valence-electron chi connectivity index (χ1n) is 11.0. The van der Waals surface area contributed by atoms with Crippen molar-refractivity contribution in [2.45, 2.75) is 52.2 Å². The highest BCUT2D eigenvalue weighted by atomic mass is 35.5. The molecule has 0 spiro atoms. The number of hydrogen-bond donors (Lipinski definition) is 1. The zero-order valence-corrected chi connectivity index (χ0v) is 22.1. The van der Waals surface area contributed by atoms with E-state index in [2.05, 4.69) is 5.32 Å². The van der Waals surface area contributed by atoms with Gasteiger partial charge in [-0.15, -0.1) is 0 Å². The van der Waals surface area contributed by atoms with Crippen LogP contribution in [-0.4, -0.2) is 50.0 Å². The van der Waals surface area contributed by atoms with Crippen LogP contribution in [0.15, 0.2) is 48.5 Å². The number of sulfonamides is 1. The molecule has 0 radical (unpaired) electrons. The van der Waals surface area contributed by atoms with Gasteiger partial charge in [-0.3, -0.25) is 13.9 Å². The average Bonchev–Trinajstić information content (AvgIpc) is 2.78. The van der Waals surface area contributed by atoms with Crippen LogP contribution in [0.2, 0.25) is 10.0 Å². The Bertz CT molecular complexity index is 1100. The molecular weight excluding hydrogens is 497 g/mol. The maximum Gasteiger partial charge on any atom is 0.244 e. The van der Waals surface area contributed by atoms with E-state index in [1.54, 1.807) is 55.5 Å². The van der Waals surface area contributed by atoms with Crippen molar-refractivity contribution < 1.29 is 18.0 Å². The second-order valence-electron chi connectivity index (χ2n) is 8.10. The minimum absolute atomic E-state index is 0.0215. The van der Waals surface area contributed by atoms with Gasteiger partial charge in [0.25, 0.3) is 0 Å². The molecular formula is C24H31Cl2N3O4S. The van der Waals surface area contributed by atoms with Crippen LogP contribution in [0.1, 0.15) is 39.2 Å². The molecule has 0 aliphatic heterocycles. The summed E-state index contributed by atoms with van der Waals surface area (Å²) in [5.41, 5.74) is 0.958. The summed E-state index contributed by atoms with van der Waals surface area (Å²) in [4.78, 5) is 28.1. The molecule has 0 unspecified atom stereocenters. The zero-order valence-electron chi connectivity index (χ0n) is 19.8. The summed E-state index contributed by atoms with van der Waals surface area (Å²) < 4.78 is 26.1. The Morgan fingerprint density at radius 1 is 1.03 bits per heavy atom. The number of hydrogen-bond acceptors (Lipinski definition) is 4. The highest BCUT2D eigenvalue weighted by Crippen LogP contribution is 2.25. The number of carbonyl (C=O) groups excluding carboxylic acids is 2. The highest BCUT2D eigenvalue weighted by molar-refractivity contribution is 7.92. The predicted molar refractivity (Wildman–Crippen MR) is 138 cm³/mol. The third-order valence-electron chi connectivity index (χ3n) is 5.47. The van der Waals surface area contributed by atoms with Gasteiger partial charge in [0.15, 0.2) is 0 Å². The normalized spacial score (nSPS) is 13.1. The Balaban J connectivity index is 2.45. The average molecular weight is 529 g/mol. The van der Waals surface area contributed by atoms with Gasteiger partial charge in [-0.1, -0.05) is 61.3 Å². The lowest BCUT2D eigenvalue weighted by atomic mass is 10.1. The first-order valence-corrected chi connectivity index (χ1v) is 13.6. The smallest absolute Gasteiger partial charge is 0.244 e. The fourth-order valence-electron chi connectivity index (χ4n) is 3.40. The van der Waals surface area contributed by atoms with Crippen molar-refractivity contribution in [3.05, 3.63) is 64.1 Å². The summed E-state index contributed by atoms with van der Waals surface area (Å²) in [5.74, 6) is -0.827. The molecule has 2 aromatic rings. The Morgan fingerprint density at radius 2 is 1.68 bits per heavy atom. The lowest BCUT2D eigenvalue weighted by molar-refractivity contribution is -0.140. The van der Waals surface area contributed by atoms with Crippen LogP contribution in [0, 0.1) is 0 Å². The van der Waals surface area contributed by atoms with E-state index in [-0.39, 0.29) is 18.5 Å². The van der Waals surface area contributed by atoms with E-state index in [1.165, 1.54) is 4.90 Å². The Labute approximate surface area is 212 Å². The van der Waals surface area contributed by atoms with Crippen molar-refractivity contribution in [2.75, 3.05) is 17.1 Å². The Morgan fingerprint density at radius 3 is 2.21 bits per heavy atom. The standard InChI is InChI=1S/C24H31Cl2N3O4S/c1-5-17(3)27-24(31)22(6-2)28(15-18-12-13-19(25)14-21(18)26)23(30)16-29(34(4,32)33)20-10-8-7-9-11-20/h7-14,17,22H,5-6,15-16H2,1-4H3,(H,27,31)/t17-,22-/m1/s1. The topological polar surface area (TPSA) is 86.8 Å². The van der Waals surface area contributed by atoms with Crippen LogP contribution < -0.4 is 9.62 Å². The first-order chi connectivity index (χ1) is 16.0. The largest absolute Gasteiger partial charge is 0.352 e. The van der Waals surface area contributed by atoms with Gasteiger partial charge in [-0.2, -0.15) is 0 Å². The van der Waals surface area contributed by atoms with Crippen LogP contribution in [0.4, 0.5) is 5.69 Å². The van der Waals surface area contributed by atoms with E-state index >= 15 is 0 Å². The minimum atomic E-state index is -3.77. The molecule has 34 heavy (non-hydrogen) atoms. The SMILES string of the molecule is CC[C@@H](C)NC(=O)[C@@H](CC)N(Cc1ccc(Cl)cc1Cl)C(=O)CN(c1ccccc1)S(C)(=O)=O. The number of anilines is 1. The van der Waals surface area contributed by atoms with Crippen molar-refractivity contribution in [3.8, 4) is 0 Å². The lowest BCUT2D eigenvalue weighted by Gasteiger charge is -2.33. The molecule has 0 aliphatic rings. The molecule has 0 aromatic heterocycles. The molecule has 7 nitrogen and oxygen atoms in total. The summed E-state index contributed by atoms with van der Waals surface area (Å²) >= 11 is 12.4.